The summed E-state index contributed by atoms with van der Waals surface area (Å²) in [5.74, 6) is 0.386. The number of hydrogen-bond donors (Lipinski definition) is 1. The van der Waals surface area contributed by atoms with Crippen LogP contribution in [0.5, 0.6) is 0 Å². The molecule has 0 saturated heterocycles. The lowest BCUT2D eigenvalue weighted by Gasteiger charge is -2.26. The van der Waals surface area contributed by atoms with E-state index < -0.39 is 10.0 Å². The summed E-state index contributed by atoms with van der Waals surface area (Å²) >= 11 is 0. The smallest absolute Gasteiger partial charge is 0.243 e. The number of nitrogens with zero attached hydrogens (tertiary/aromatic N) is 1. The van der Waals surface area contributed by atoms with E-state index in [9.17, 15) is 8.42 Å². The minimum absolute atomic E-state index is 0.372. The molecule has 0 radical (unpaired) electrons. The third-order valence-corrected chi connectivity index (χ3v) is 7.45. The third-order valence-electron chi connectivity index (χ3n) is 5.57. The molecule has 28 heavy (non-hydrogen) atoms. The zero-order valence-electron chi connectivity index (χ0n) is 16.6. The monoisotopic (exact) mass is 394 g/mol. The number of aryl methyl sites for hydroxylation is 1. The average molecular weight is 395 g/mol. The van der Waals surface area contributed by atoms with E-state index in [-0.39, 0.29) is 0 Å². The predicted molar refractivity (Wildman–Crippen MR) is 115 cm³/mol. The first kappa shape index (κ1) is 19.0. The van der Waals surface area contributed by atoms with E-state index in [0.717, 1.165) is 16.8 Å². The molecule has 2 aromatic carbocycles. The van der Waals surface area contributed by atoms with Crippen LogP contribution >= 0.6 is 0 Å². The molecule has 4 nitrogen and oxygen atoms in total. The van der Waals surface area contributed by atoms with E-state index in [4.69, 9.17) is 0 Å². The van der Waals surface area contributed by atoms with Crippen LogP contribution in [0.4, 0.5) is 0 Å². The lowest BCUT2D eigenvalue weighted by molar-refractivity contribution is 0.441. The van der Waals surface area contributed by atoms with Gasteiger partial charge in [-0.15, -0.1) is 0 Å². The molecule has 0 atom stereocenters. The molecule has 2 heterocycles. The Balaban J connectivity index is 1.60. The van der Waals surface area contributed by atoms with Crippen molar-refractivity contribution in [2.75, 3.05) is 13.1 Å². The van der Waals surface area contributed by atoms with Gasteiger partial charge in [0.15, 0.2) is 0 Å². The van der Waals surface area contributed by atoms with Gasteiger partial charge in [0.05, 0.1) is 4.90 Å². The Kier molecular flexibility index (Phi) is 4.89. The second kappa shape index (κ2) is 7.22. The molecule has 1 N–H and O–H groups in total. The van der Waals surface area contributed by atoms with Crippen molar-refractivity contribution in [2.45, 2.75) is 38.0 Å². The molecule has 0 aliphatic carbocycles. The summed E-state index contributed by atoms with van der Waals surface area (Å²) in [6.45, 7) is 7.19. The second-order valence-corrected chi connectivity index (χ2v) is 9.67. The number of H-pyrrole nitrogens is 1. The number of hydrogen-bond acceptors (Lipinski definition) is 2. The van der Waals surface area contributed by atoms with E-state index in [2.05, 4.69) is 44.0 Å². The number of fused-ring (bicyclic) bond motifs is 1. The van der Waals surface area contributed by atoms with Crippen LogP contribution in [-0.4, -0.2) is 30.8 Å². The lowest BCUT2D eigenvalue weighted by Crippen LogP contribution is -2.34. The van der Waals surface area contributed by atoms with Gasteiger partial charge in [0.1, 0.15) is 0 Å². The van der Waals surface area contributed by atoms with Crippen LogP contribution in [-0.2, 0) is 10.0 Å². The zero-order valence-corrected chi connectivity index (χ0v) is 17.4. The van der Waals surface area contributed by atoms with Crippen molar-refractivity contribution < 1.29 is 8.42 Å². The van der Waals surface area contributed by atoms with Crippen LogP contribution in [0, 0.1) is 6.92 Å². The fourth-order valence-corrected chi connectivity index (χ4v) is 5.34. The summed E-state index contributed by atoms with van der Waals surface area (Å²) in [4.78, 5) is 3.81. The predicted octanol–water partition coefficient (Wildman–Crippen LogP) is 5.08. The maximum absolute atomic E-state index is 13.0. The van der Waals surface area contributed by atoms with Crippen molar-refractivity contribution in [3.8, 4) is 0 Å². The highest BCUT2D eigenvalue weighted by atomic mass is 32.2. The maximum Gasteiger partial charge on any atom is 0.243 e. The summed E-state index contributed by atoms with van der Waals surface area (Å²) in [6.07, 6.45) is 2.78. The highest BCUT2D eigenvalue weighted by Crippen LogP contribution is 2.33. The minimum atomic E-state index is -3.47. The Bertz CT molecular complexity index is 1140. The zero-order chi connectivity index (χ0) is 19.9. The Morgan fingerprint density at radius 2 is 1.75 bits per heavy atom. The molecule has 0 saturated carbocycles. The molecule has 0 fully saturated rings. The Morgan fingerprint density at radius 1 is 1.04 bits per heavy atom. The molecule has 146 valence electrons. The Morgan fingerprint density at radius 3 is 2.39 bits per heavy atom. The van der Waals surface area contributed by atoms with Crippen molar-refractivity contribution >= 4 is 26.5 Å². The topological polar surface area (TPSA) is 53.2 Å². The van der Waals surface area contributed by atoms with E-state index in [1.165, 1.54) is 16.5 Å². The van der Waals surface area contributed by atoms with Crippen LogP contribution in [0.25, 0.3) is 16.5 Å². The molecule has 1 aliphatic rings. The highest BCUT2D eigenvalue weighted by Gasteiger charge is 2.27. The molecule has 1 aromatic heterocycles. The first-order chi connectivity index (χ1) is 13.4. The van der Waals surface area contributed by atoms with Crippen molar-refractivity contribution in [2.24, 2.45) is 0 Å². The molecular weight excluding hydrogens is 368 g/mol. The number of nitrogens with one attached hydrogen (secondary N) is 1. The minimum Gasteiger partial charge on any atom is -0.358 e. The van der Waals surface area contributed by atoms with E-state index >= 15 is 0 Å². The van der Waals surface area contributed by atoms with Crippen LogP contribution in [0.2, 0.25) is 0 Å². The van der Waals surface area contributed by atoms with Gasteiger partial charge in [-0.25, -0.2) is 8.42 Å². The normalized spacial score (nSPS) is 15.9. The number of aromatic amines is 1. The molecule has 5 heteroatoms. The van der Waals surface area contributed by atoms with Gasteiger partial charge in [-0.3, -0.25) is 0 Å². The molecule has 0 unspecified atom stereocenters. The van der Waals surface area contributed by atoms with Crippen molar-refractivity contribution in [1.29, 1.82) is 0 Å². The van der Waals surface area contributed by atoms with Crippen LogP contribution in [0.3, 0.4) is 0 Å². The number of aromatic nitrogens is 1. The third kappa shape index (κ3) is 3.29. The van der Waals surface area contributed by atoms with Crippen molar-refractivity contribution in [1.82, 2.24) is 9.29 Å². The van der Waals surface area contributed by atoms with Gasteiger partial charge in [0.25, 0.3) is 0 Å². The quantitative estimate of drug-likeness (QED) is 0.671. The van der Waals surface area contributed by atoms with Gasteiger partial charge in [-0.1, -0.05) is 50.3 Å². The maximum atomic E-state index is 13.0. The van der Waals surface area contributed by atoms with E-state index in [0.29, 0.717) is 30.3 Å². The SMILES string of the molecule is Cc1[nH]c2ccccc2c1C1=CCN(S(=O)(=O)c2ccc(C(C)C)cc2)CC1. The standard InChI is InChI=1S/C23H26N2O2S/c1-16(2)18-8-10-20(11-9-18)28(26,27)25-14-12-19(13-15-25)23-17(3)24-22-7-5-4-6-21(22)23/h4-12,16,24H,13-15H2,1-3H3. The second-order valence-electron chi connectivity index (χ2n) is 7.74. The number of para-hydroxylation sites is 1. The number of rotatable bonds is 4. The highest BCUT2D eigenvalue weighted by molar-refractivity contribution is 7.89. The van der Waals surface area contributed by atoms with Crippen LogP contribution in [0.15, 0.2) is 59.5 Å². The Labute approximate surface area is 166 Å². The fraction of sp³-hybridized carbons (Fsp3) is 0.304. The van der Waals surface area contributed by atoms with Gasteiger partial charge in [0.2, 0.25) is 10.0 Å². The summed E-state index contributed by atoms with van der Waals surface area (Å²) < 4.78 is 27.6. The van der Waals surface area contributed by atoms with Gasteiger partial charge >= 0.3 is 0 Å². The van der Waals surface area contributed by atoms with Crippen LogP contribution in [0.1, 0.15) is 43.0 Å². The van der Waals surface area contributed by atoms with Gasteiger partial charge in [-0.2, -0.15) is 4.31 Å². The first-order valence-electron chi connectivity index (χ1n) is 9.75. The van der Waals surface area contributed by atoms with E-state index in [1.807, 2.05) is 24.3 Å². The molecule has 4 rings (SSSR count). The summed E-state index contributed by atoms with van der Waals surface area (Å²) in [7, 11) is -3.47. The largest absolute Gasteiger partial charge is 0.358 e. The van der Waals surface area contributed by atoms with Gasteiger partial charge in [-0.05, 0) is 48.6 Å². The summed E-state index contributed by atoms with van der Waals surface area (Å²) in [5, 5.41) is 1.20. The molecule has 0 spiro atoms. The first-order valence-corrected chi connectivity index (χ1v) is 11.2. The Hall–Kier alpha value is -2.37. The summed E-state index contributed by atoms with van der Waals surface area (Å²) in [5.41, 5.74) is 5.84. The van der Waals surface area contributed by atoms with Crippen LogP contribution < -0.4 is 0 Å². The van der Waals surface area contributed by atoms with Gasteiger partial charge in [0, 0.05) is 35.2 Å². The fourth-order valence-electron chi connectivity index (χ4n) is 3.96. The molecule has 0 bridgehead atoms. The van der Waals surface area contributed by atoms with E-state index in [1.54, 1.807) is 16.4 Å². The number of benzene rings is 2. The molecule has 3 aromatic rings. The summed E-state index contributed by atoms with van der Waals surface area (Å²) in [6, 6.07) is 15.6. The lowest BCUT2D eigenvalue weighted by atomic mass is 9.97. The van der Waals surface area contributed by atoms with Gasteiger partial charge < -0.3 is 4.98 Å². The molecular formula is C23H26N2O2S. The van der Waals surface area contributed by atoms with Crippen molar-refractivity contribution in [3.63, 3.8) is 0 Å². The average Bonchev–Trinajstić information content (AvgIpc) is 3.04. The number of sulfonamides is 1. The molecule has 0 amide bonds. The van der Waals surface area contributed by atoms with Crippen molar-refractivity contribution in [3.05, 3.63) is 71.4 Å². The molecule has 1 aliphatic heterocycles.